The number of nitrogens with zero attached hydrogens (tertiary/aromatic N) is 1. The summed E-state index contributed by atoms with van der Waals surface area (Å²) in [5.41, 5.74) is 1.12. The monoisotopic (exact) mass is 314 g/mol. The largest absolute Gasteiger partial charge is 0.318 e. The van der Waals surface area contributed by atoms with E-state index in [2.05, 4.69) is 17.6 Å². The smallest absolute Gasteiger partial charge is 0.241 e. The SMILES string of the molecule is CCCC1NC(c2ccsc2)N(C(C)CS(C)=O)C1=O. The van der Waals surface area contributed by atoms with Gasteiger partial charge >= 0.3 is 0 Å². The van der Waals surface area contributed by atoms with E-state index in [0.717, 1.165) is 18.4 Å². The van der Waals surface area contributed by atoms with Gasteiger partial charge in [0.1, 0.15) is 6.17 Å². The van der Waals surface area contributed by atoms with Gasteiger partial charge in [0, 0.05) is 28.9 Å². The predicted octanol–water partition coefficient (Wildman–Crippen LogP) is 2.11. The Labute approximate surface area is 127 Å². The first-order chi connectivity index (χ1) is 9.54. The molecule has 6 heteroatoms. The molecule has 1 fully saturated rings. The van der Waals surface area contributed by atoms with Crippen LogP contribution in [0.1, 0.15) is 38.4 Å². The Kier molecular flexibility index (Phi) is 5.35. The van der Waals surface area contributed by atoms with Crippen LogP contribution in [0.15, 0.2) is 16.8 Å². The number of hydrogen-bond donors (Lipinski definition) is 1. The number of thiophene rings is 1. The molecule has 0 aliphatic carbocycles. The fourth-order valence-corrected chi connectivity index (χ4v) is 4.24. The van der Waals surface area contributed by atoms with E-state index in [1.54, 1.807) is 17.6 Å². The maximum absolute atomic E-state index is 12.6. The van der Waals surface area contributed by atoms with E-state index in [4.69, 9.17) is 0 Å². The Morgan fingerprint density at radius 1 is 1.55 bits per heavy atom. The molecule has 1 N–H and O–H groups in total. The molecule has 4 unspecified atom stereocenters. The molecule has 1 aliphatic heterocycles. The summed E-state index contributed by atoms with van der Waals surface area (Å²) in [7, 11) is -0.902. The number of rotatable bonds is 6. The second-order valence-corrected chi connectivity index (χ2v) is 7.56. The Morgan fingerprint density at radius 3 is 2.85 bits per heavy atom. The lowest BCUT2D eigenvalue weighted by Crippen LogP contribution is -2.41. The molecular formula is C14H22N2O2S2. The van der Waals surface area contributed by atoms with Crippen LogP contribution < -0.4 is 5.32 Å². The summed E-state index contributed by atoms with van der Waals surface area (Å²) >= 11 is 1.63. The summed E-state index contributed by atoms with van der Waals surface area (Å²) in [5, 5.41) is 7.53. The number of hydrogen-bond acceptors (Lipinski definition) is 4. The van der Waals surface area contributed by atoms with Gasteiger partial charge in [-0.05, 0) is 35.7 Å². The molecule has 1 saturated heterocycles. The zero-order valence-electron chi connectivity index (χ0n) is 12.2. The maximum Gasteiger partial charge on any atom is 0.241 e. The fraction of sp³-hybridized carbons (Fsp3) is 0.643. The molecule has 2 rings (SSSR count). The lowest BCUT2D eigenvalue weighted by Gasteiger charge is -2.29. The van der Waals surface area contributed by atoms with E-state index in [9.17, 15) is 9.00 Å². The van der Waals surface area contributed by atoms with Crippen molar-refractivity contribution in [1.82, 2.24) is 10.2 Å². The Hall–Kier alpha value is -0.720. The second-order valence-electron chi connectivity index (χ2n) is 5.30. The zero-order valence-corrected chi connectivity index (χ0v) is 13.8. The average molecular weight is 314 g/mol. The number of nitrogens with one attached hydrogen (secondary N) is 1. The predicted molar refractivity (Wildman–Crippen MR) is 84.1 cm³/mol. The third-order valence-corrected chi connectivity index (χ3v) is 5.23. The molecule has 1 aromatic heterocycles. The number of carbonyl (C=O) groups is 1. The van der Waals surface area contributed by atoms with Gasteiger partial charge in [0.15, 0.2) is 0 Å². The molecule has 2 heterocycles. The maximum atomic E-state index is 12.6. The molecule has 0 spiro atoms. The molecule has 4 nitrogen and oxygen atoms in total. The quantitative estimate of drug-likeness (QED) is 0.875. The van der Waals surface area contributed by atoms with Crippen LogP contribution in [0.3, 0.4) is 0 Å². The van der Waals surface area contributed by atoms with E-state index in [1.807, 2.05) is 23.3 Å². The molecule has 0 bridgehead atoms. The standard InChI is InChI=1S/C14H22N2O2S2/c1-4-5-12-14(17)16(10(2)9-20(3)18)13(15-12)11-6-7-19-8-11/h6-8,10,12-13,15H,4-5,9H2,1-3H3. The molecule has 0 aromatic carbocycles. The van der Waals surface area contributed by atoms with Crippen LogP contribution in [0, 0.1) is 0 Å². The first-order valence-electron chi connectivity index (χ1n) is 6.95. The van der Waals surface area contributed by atoms with E-state index >= 15 is 0 Å². The second kappa shape index (κ2) is 6.83. The van der Waals surface area contributed by atoms with Crippen molar-refractivity contribution in [3.05, 3.63) is 22.4 Å². The van der Waals surface area contributed by atoms with Crippen molar-refractivity contribution in [2.75, 3.05) is 12.0 Å². The van der Waals surface area contributed by atoms with E-state index in [-0.39, 0.29) is 24.2 Å². The summed E-state index contributed by atoms with van der Waals surface area (Å²) in [6, 6.07) is 1.91. The van der Waals surface area contributed by atoms with Crippen LogP contribution in [0.25, 0.3) is 0 Å². The van der Waals surface area contributed by atoms with Gasteiger partial charge in [-0.25, -0.2) is 0 Å². The molecule has 20 heavy (non-hydrogen) atoms. The average Bonchev–Trinajstić information content (AvgIpc) is 2.97. The Balaban J connectivity index is 2.23. The number of carbonyl (C=O) groups excluding carboxylic acids is 1. The van der Waals surface area contributed by atoms with Crippen LogP contribution in [0.5, 0.6) is 0 Å². The van der Waals surface area contributed by atoms with Gasteiger partial charge in [-0.1, -0.05) is 13.3 Å². The lowest BCUT2D eigenvalue weighted by atomic mass is 10.1. The molecule has 0 saturated carbocycles. The molecular weight excluding hydrogens is 292 g/mol. The van der Waals surface area contributed by atoms with Crippen LogP contribution in [0.4, 0.5) is 0 Å². The van der Waals surface area contributed by atoms with Crippen molar-refractivity contribution in [3.63, 3.8) is 0 Å². The Bertz CT molecular complexity index is 476. The van der Waals surface area contributed by atoms with Gasteiger partial charge in [0.2, 0.25) is 5.91 Å². The third kappa shape index (κ3) is 3.30. The molecule has 1 aliphatic rings. The minimum absolute atomic E-state index is 0.0208. The molecule has 4 atom stereocenters. The van der Waals surface area contributed by atoms with Gasteiger partial charge in [-0.2, -0.15) is 11.3 Å². The van der Waals surface area contributed by atoms with E-state index in [1.165, 1.54) is 0 Å². The molecule has 0 radical (unpaired) electrons. The summed E-state index contributed by atoms with van der Waals surface area (Å²) in [6.07, 6.45) is 3.43. The molecule has 1 aromatic rings. The summed E-state index contributed by atoms with van der Waals surface area (Å²) < 4.78 is 11.5. The highest BCUT2D eigenvalue weighted by Crippen LogP contribution is 2.30. The van der Waals surface area contributed by atoms with Crippen molar-refractivity contribution < 1.29 is 9.00 Å². The van der Waals surface area contributed by atoms with Crippen LogP contribution in [-0.2, 0) is 15.6 Å². The van der Waals surface area contributed by atoms with Crippen molar-refractivity contribution in [1.29, 1.82) is 0 Å². The Morgan fingerprint density at radius 2 is 2.30 bits per heavy atom. The van der Waals surface area contributed by atoms with Crippen molar-refractivity contribution in [2.45, 2.75) is 44.9 Å². The minimum Gasteiger partial charge on any atom is -0.318 e. The van der Waals surface area contributed by atoms with Crippen molar-refractivity contribution in [3.8, 4) is 0 Å². The zero-order chi connectivity index (χ0) is 14.7. The van der Waals surface area contributed by atoms with Gasteiger partial charge in [-0.15, -0.1) is 0 Å². The summed E-state index contributed by atoms with van der Waals surface area (Å²) in [5.74, 6) is 0.661. The first-order valence-corrected chi connectivity index (χ1v) is 9.62. The highest BCUT2D eigenvalue weighted by Gasteiger charge is 2.41. The highest BCUT2D eigenvalue weighted by molar-refractivity contribution is 7.84. The van der Waals surface area contributed by atoms with Crippen LogP contribution in [0.2, 0.25) is 0 Å². The van der Waals surface area contributed by atoms with Gasteiger partial charge in [-0.3, -0.25) is 14.3 Å². The van der Waals surface area contributed by atoms with Gasteiger partial charge in [0.05, 0.1) is 6.04 Å². The fourth-order valence-electron chi connectivity index (χ4n) is 2.72. The summed E-state index contributed by atoms with van der Waals surface area (Å²) in [6.45, 7) is 4.07. The lowest BCUT2D eigenvalue weighted by molar-refractivity contribution is -0.131. The third-order valence-electron chi connectivity index (χ3n) is 3.58. The van der Waals surface area contributed by atoms with Crippen molar-refractivity contribution in [2.24, 2.45) is 0 Å². The highest BCUT2D eigenvalue weighted by atomic mass is 32.2. The normalized spacial score (nSPS) is 25.9. The van der Waals surface area contributed by atoms with Gasteiger partial charge in [0.25, 0.3) is 0 Å². The van der Waals surface area contributed by atoms with E-state index < -0.39 is 10.8 Å². The van der Waals surface area contributed by atoms with Gasteiger partial charge < -0.3 is 4.90 Å². The van der Waals surface area contributed by atoms with Crippen LogP contribution >= 0.6 is 11.3 Å². The van der Waals surface area contributed by atoms with Crippen LogP contribution in [-0.4, -0.2) is 39.1 Å². The first kappa shape index (κ1) is 15.7. The molecule has 1 amide bonds. The molecule has 112 valence electrons. The number of amides is 1. The van der Waals surface area contributed by atoms with E-state index in [0.29, 0.717) is 5.75 Å². The minimum atomic E-state index is -0.902. The van der Waals surface area contributed by atoms with Crippen molar-refractivity contribution >= 4 is 28.0 Å². The topological polar surface area (TPSA) is 49.4 Å². The summed E-state index contributed by atoms with van der Waals surface area (Å²) in [4.78, 5) is 14.5.